The Balaban J connectivity index is 2.67. The molecule has 1 rings (SSSR count). The molecule has 12 heavy (non-hydrogen) atoms. The molecule has 1 fully saturated rings. The van der Waals surface area contributed by atoms with Crippen molar-refractivity contribution in [1.29, 1.82) is 0 Å². The van der Waals surface area contributed by atoms with Gasteiger partial charge in [-0.1, -0.05) is 6.92 Å². The Hall–Kier alpha value is -0.160. The first-order valence-corrected chi connectivity index (χ1v) is 4.15. The Morgan fingerprint density at radius 3 is 2.17 bits per heavy atom. The molecule has 1 aliphatic heterocycles. The Morgan fingerprint density at radius 1 is 1.42 bits per heavy atom. The van der Waals surface area contributed by atoms with Crippen molar-refractivity contribution in [3.8, 4) is 0 Å². The smallest absolute Gasteiger partial charge is 0.0913 e. The number of aliphatic hydroxyl groups is 3. The molecule has 72 valence electrons. The summed E-state index contributed by atoms with van der Waals surface area (Å²) >= 11 is 0. The van der Waals surface area contributed by atoms with E-state index in [0.29, 0.717) is 6.61 Å². The lowest BCUT2D eigenvalue weighted by Gasteiger charge is -2.33. The minimum Gasteiger partial charge on any atom is -0.396 e. The summed E-state index contributed by atoms with van der Waals surface area (Å²) in [5.74, 6) is -0.139. The maximum Gasteiger partial charge on any atom is 0.0913 e. The molecular weight excluding hydrogens is 160 g/mol. The van der Waals surface area contributed by atoms with Crippen LogP contribution in [0.15, 0.2) is 0 Å². The summed E-state index contributed by atoms with van der Waals surface area (Å²) in [5, 5.41) is 27.2. The Kier molecular flexibility index (Phi) is 3.06. The van der Waals surface area contributed by atoms with Gasteiger partial charge in [0.25, 0.3) is 0 Å². The van der Waals surface area contributed by atoms with E-state index in [9.17, 15) is 0 Å². The fraction of sp³-hybridized carbons (Fsp3) is 1.00. The predicted octanol–water partition coefficient (Wildman–Crippen LogP) is -1.02. The minimum absolute atomic E-state index is 0.0407. The van der Waals surface area contributed by atoms with Crippen molar-refractivity contribution in [2.75, 3.05) is 26.4 Å². The summed E-state index contributed by atoms with van der Waals surface area (Å²) in [6.45, 7) is 2.05. The largest absolute Gasteiger partial charge is 0.396 e. The highest BCUT2D eigenvalue weighted by atomic mass is 16.6. The van der Waals surface area contributed by atoms with E-state index in [-0.39, 0.29) is 31.8 Å². The Labute approximate surface area is 71.8 Å². The molecule has 0 amide bonds. The molecule has 0 radical (unpaired) electrons. The third-order valence-corrected chi connectivity index (χ3v) is 2.82. The third kappa shape index (κ3) is 1.47. The van der Waals surface area contributed by atoms with E-state index >= 15 is 0 Å². The van der Waals surface area contributed by atoms with Crippen LogP contribution in [0.1, 0.15) is 6.92 Å². The maximum atomic E-state index is 9.14. The molecule has 0 aliphatic carbocycles. The highest BCUT2D eigenvalue weighted by Crippen LogP contribution is 2.38. The van der Waals surface area contributed by atoms with Crippen LogP contribution in [0, 0.1) is 11.3 Å². The second kappa shape index (κ2) is 3.70. The molecule has 0 aromatic rings. The predicted molar refractivity (Wildman–Crippen MR) is 42.6 cm³/mol. The second-order valence-electron chi connectivity index (χ2n) is 3.45. The molecule has 0 aromatic heterocycles. The molecule has 1 heterocycles. The molecular formula is C8H16O4. The number of hydrogen-bond donors (Lipinski definition) is 3. The first kappa shape index (κ1) is 9.92. The van der Waals surface area contributed by atoms with Crippen molar-refractivity contribution in [1.82, 2.24) is 0 Å². The monoisotopic (exact) mass is 176 g/mol. The van der Waals surface area contributed by atoms with Crippen LogP contribution in [0.3, 0.4) is 0 Å². The quantitative estimate of drug-likeness (QED) is 0.469. The lowest BCUT2D eigenvalue weighted by molar-refractivity contribution is -0.0304. The highest BCUT2D eigenvalue weighted by molar-refractivity contribution is 4.96. The van der Waals surface area contributed by atoms with E-state index in [2.05, 4.69) is 0 Å². The van der Waals surface area contributed by atoms with E-state index in [1.807, 2.05) is 0 Å². The molecule has 3 N–H and O–H groups in total. The van der Waals surface area contributed by atoms with E-state index in [0.717, 1.165) is 0 Å². The van der Waals surface area contributed by atoms with Crippen molar-refractivity contribution in [2.45, 2.75) is 13.0 Å². The molecule has 0 spiro atoms. The van der Waals surface area contributed by atoms with Crippen molar-refractivity contribution < 1.29 is 20.1 Å². The molecule has 2 atom stereocenters. The van der Waals surface area contributed by atoms with Crippen molar-refractivity contribution in [3.05, 3.63) is 0 Å². The standard InChI is InChI=1S/C8H16O4/c1-6(2-9)8(4-10,5-11)7-3-12-7/h6-7,9-11H,2-5H2,1H3. The van der Waals surface area contributed by atoms with E-state index in [4.69, 9.17) is 20.1 Å². The zero-order chi connectivity index (χ0) is 9.19. The van der Waals surface area contributed by atoms with Gasteiger partial charge in [0.05, 0.1) is 25.9 Å². The molecule has 2 unspecified atom stereocenters. The van der Waals surface area contributed by atoms with Crippen LogP contribution in [-0.4, -0.2) is 47.9 Å². The molecule has 0 saturated carbocycles. The van der Waals surface area contributed by atoms with E-state index < -0.39 is 5.41 Å². The molecule has 0 aromatic carbocycles. The first-order chi connectivity index (χ1) is 5.71. The van der Waals surface area contributed by atoms with Crippen LogP contribution in [0.2, 0.25) is 0 Å². The second-order valence-corrected chi connectivity index (χ2v) is 3.45. The van der Waals surface area contributed by atoms with Gasteiger partial charge in [-0.3, -0.25) is 0 Å². The zero-order valence-corrected chi connectivity index (χ0v) is 7.23. The average molecular weight is 176 g/mol. The van der Waals surface area contributed by atoms with E-state index in [1.54, 1.807) is 6.92 Å². The van der Waals surface area contributed by atoms with Crippen molar-refractivity contribution in [3.63, 3.8) is 0 Å². The minimum atomic E-state index is -0.658. The summed E-state index contributed by atoms with van der Waals surface area (Å²) < 4.78 is 5.05. The molecule has 0 bridgehead atoms. The summed E-state index contributed by atoms with van der Waals surface area (Å²) in [6.07, 6.45) is -0.0883. The summed E-state index contributed by atoms with van der Waals surface area (Å²) in [6, 6.07) is 0. The van der Waals surface area contributed by atoms with Gasteiger partial charge in [-0.05, 0) is 5.92 Å². The normalized spacial score (nSPS) is 25.5. The zero-order valence-electron chi connectivity index (χ0n) is 7.23. The van der Waals surface area contributed by atoms with Gasteiger partial charge in [0, 0.05) is 12.0 Å². The number of aliphatic hydroxyl groups excluding tert-OH is 3. The summed E-state index contributed by atoms with van der Waals surface area (Å²) in [5.41, 5.74) is -0.658. The fourth-order valence-corrected chi connectivity index (χ4v) is 1.44. The average Bonchev–Trinajstić information content (AvgIpc) is 2.91. The fourth-order valence-electron chi connectivity index (χ4n) is 1.44. The summed E-state index contributed by atoms with van der Waals surface area (Å²) in [7, 11) is 0. The van der Waals surface area contributed by atoms with E-state index in [1.165, 1.54) is 0 Å². The van der Waals surface area contributed by atoms with Gasteiger partial charge in [-0.2, -0.15) is 0 Å². The summed E-state index contributed by atoms with van der Waals surface area (Å²) in [4.78, 5) is 0. The van der Waals surface area contributed by atoms with Crippen LogP contribution in [0.4, 0.5) is 0 Å². The molecule has 1 aliphatic rings. The van der Waals surface area contributed by atoms with Gasteiger partial charge in [-0.15, -0.1) is 0 Å². The molecule has 4 heteroatoms. The Bertz CT molecular complexity index is 140. The topological polar surface area (TPSA) is 73.2 Å². The lowest BCUT2D eigenvalue weighted by atomic mass is 9.75. The number of epoxide rings is 1. The maximum absolute atomic E-state index is 9.14. The van der Waals surface area contributed by atoms with Crippen molar-refractivity contribution in [2.24, 2.45) is 11.3 Å². The number of rotatable bonds is 5. The Morgan fingerprint density at radius 2 is 1.92 bits per heavy atom. The van der Waals surface area contributed by atoms with Gasteiger partial charge >= 0.3 is 0 Å². The number of ether oxygens (including phenoxy) is 1. The van der Waals surface area contributed by atoms with Crippen LogP contribution in [0.25, 0.3) is 0 Å². The number of hydrogen-bond acceptors (Lipinski definition) is 4. The van der Waals surface area contributed by atoms with Gasteiger partial charge in [0.2, 0.25) is 0 Å². The van der Waals surface area contributed by atoms with Gasteiger partial charge in [0.1, 0.15) is 0 Å². The van der Waals surface area contributed by atoms with Crippen LogP contribution in [-0.2, 0) is 4.74 Å². The third-order valence-electron chi connectivity index (χ3n) is 2.82. The van der Waals surface area contributed by atoms with Crippen LogP contribution in [0.5, 0.6) is 0 Å². The molecule has 1 saturated heterocycles. The van der Waals surface area contributed by atoms with Crippen LogP contribution >= 0.6 is 0 Å². The highest BCUT2D eigenvalue weighted by Gasteiger charge is 2.49. The van der Waals surface area contributed by atoms with Gasteiger partial charge < -0.3 is 20.1 Å². The van der Waals surface area contributed by atoms with Gasteiger partial charge in [-0.25, -0.2) is 0 Å². The van der Waals surface area contributed by atoms with Crippen LogP contribution < -0.4 is 0 Å². The lowest BCUT2D eigenvalue weighted by Crippen LogP contribution is -2.43. The first-order valence-electron chi connectivity index (χ1n) is 4.15. The molecule has 4 nitrogen and oxygen atoms in total. The van der Waals surface area contributed by atoms with Gasteiger partial charge in [0.15, 0.2) is 0 Å². The van der Waals surface area contributed by atoms with Crippen molar-refractivity contribution >= 4 is 0 Å². The SMILES string of the molecule is CC(CO)C(CO)(CO)C1CO1.